The number of halogens is 3. The summed E-state index contributed by atoms with van der Waals surface area (Å²) >= 11 is 4.72. The summed E-state index contributed by atoms with van der Waals surface area (Å²) in [5.41, 5.74) is -4.15. The summed E-state index contributed by atoms with van der Waals surface area (Å²) in [5, 5.41) is 24.7. The standard InChI is InChI=1S/C14H14F3N3O5S/c1-2-25-11(21)9-10(7-4-3-5-8(6-7)20(23)24)18-12(26)19-13(9,22)14(15,16)17/h3-6,9-10,22H,2H2,1H3,(H2,18,19,26)/t9-,10-,13+/m1/s1. The predicted molar refractivity (Wildman–Crippen MR) is 85.8 cm³/mol. The number of carbonyl (C=O) groups is 1. The molecule has 3 N–H and O–H groups in total. The zero-order valence-electron chi connectivity index (χ0n) is 13.2. The maximum absolute atomic E-state index is 13.5. The van der Waals surface area contributed by atoms with Crippen LogP contribution in [0.15, 0.2) is 24.3 Å². The zero-order chi connectivity index (χ0) is 19.7. The van der Waals surface area contributed by atoms with Crippen LogP contribution >= 0.6 is 12.2 Å². The van der Waals surface area contributed by atoms with Gasteiger partial charge >= 0.3 is 12.1 Å². The van der Waals surface area contributed by atoms with Crippen molar-refractivity contribution < 1.29 is 32.7 Å². The number of nitrogens with one attached hydrogen (secondary N) is 2. The molecule has 0 bridgehead atoms. The van der Waals surface area contributed by atoms with Crippen LogP contribution in [0.1, 0.15) is 18.5 Å². The maximum atomic E-state index is 13.5. The Bertz CT molecular complexity index is 745. The number of aliphatic hydroxyl groups is 1. The highest BCUT2D eigenvalue weighted by atomic mass is 32.1. The zero-order valence-corrected chi connectivity index (χ0v) is 14.1. The number of benzene rings is 1. The van der Waals surface area contributed by atoms with Gasteiger partial charge in [-0.3, -0.25) is 14.9 Å². The van der Waals surface area contributed by atoms with Gasteiger partial charge in [-0.25, -0.2) is 0 Å². The monoisotopic (exact) mass is 393 g/mol. The quantitative estimate of drug-likeness (QED) is 0.306. The number of nitrogens with zero attached hydrogens (tertiary/aromatic N) is 1. The third kappa shape index (κ3) is 3.55. The molecule has 1 saturated heterocycles. The van der Waals surface area contributed by atoms with E-state index >= 15 is 0 Å². The van der Waals surface area contributed by atoms with E-state index in [1.165, 1.54) is 19.1 Å². The Morgan fingerprint density at radius 1 is 1.50 bits per heavy atom. The molecule has 8 nitrogen and oxygen atoms in total. The molecule has 1 aromatic rings. The van der Waals surface area contributed by atoms with E-state index in [0.717, 1.165) is 12.1 Å². The number of thiocarbonyl (C=S) groups is 1. The van der Waals surface area contributed by atoms with Crippen LogP contribution < -0.4 is 10.6 Å². The van der Waals surface area contributed by atoms with Gasteiger partial charge in [0.25, 0.3) is 11.4 Å². The molecule has 3 atom stereocenters. The van der Waals surface area contributed by atoms with E-state index in [9.17, 15) is 33.2 Å². The summed E-state index contributed by atoms with van der Waals surface area (Å²) in [6.45, 7) is 1.16. The van der Waals surface area contributed by atoms with Crippen LogP contribution in [0.4, 0.5) is 18.9 Å². The van der Waals surface area contributed by atoms with E-state index in [1.807, 2.05) is 0 Å². The van der Waals surface area contributed by atoms with Crippen LogP contribution in [-0.4, -0.2) is 39.6 Å². The molecule has 1 aliphatic rings. The van der Waals surface area contributed by atoms with Gasteiger partial charge in [-0.2, -0.15) is 13.2 Å². The molecule has 1 heterocycles. The molecule has 26 heavy (non-hydrogen) atoms. The van der Waals surface area contributed by atoms with Gasteiger partial charge < -0.3 is 20.5 Å². The van der Waals surface area contributed by atoms with Gasteiger partial charge in [0.1, 0.15) is 5.92 Å². The van der Waals surface area contributed by atoms with Crippen LogP contribution in [0, 0.1) is 16.0 Å². The Labute approximate surface area is 150 Å². The third-order valence-electron chi connectivity index (χ3n) is 3.79. The molecule has 2 rings (SSSR count). The minimum absolute atomic E-state index is 0.0382. The van der Waals surface area contributed by atoms with Gasteiger partial charge in [0, 0.05) is 12.1 Å². The molecule has 0 saturated carbocycles. The van der Waals surface area contributed by atoms with Crippen molar-refractivity contribution in [2.45, 2.75) is 24.9 Å². The summed E-state index contributed by atoms with van der Waals surface area (Å²) in [6, 6.07) is 3.15. The number of nitro groups is 1. The largest absolute Gasteiger partial charge is 0.466 e. The van der Waals surface area contributed by atoms with Crippen molar-refractivity contribution in [1.29, 1.82) is 0 Å². The summed E-state index contributed by atoms with van der Waals surface area (Å²) in [6.07, 6.45) is -5.28. The van der Waals surface area contributed by atoms with Crippen molar-refractivity contribution >= 4 is 29.0 Å². The van der Waals surface area contributed by atoms with Gasteiger partial charge in [0.05, 0.1) is 17.6 Å². The number of non-ortho nitro benzene ring substituents is 1. The molecule has 0 radical (unpaired) electrons. The van der Waals surface area contributed by atoms with Crippen molar-refractivity contribution in [3.63, 3.8) is 0 Å². The van der Waals surface area contributed by atoms with Crippen LogP contribution in [-0.2, 0) is 9.53 Å². The minimum Gasteiger partial charge on any atom is -0.466 e. The van der Waals surface area contributed by atoms with E-state index in [1.54, 1.807) is 5.32 Å². The van der Waals surface area contributed by atoms with Crippen molar-refractivity contribution in [2.75, 3.05) is 6.61 Å². The second-order valence-corrected chi connectivity index (χ2v) is 5.83. The number of ether oxygens (including phenoxy) is 1. The highest BCUT2D eigenvalue weighted by molar-refractivity contribution is 7.80. The first-order valence-electron chi connectivity index (χ1n) is 7.30. The lowest BCUT2D eigenvalue weighted by atomic mass is 9.82. The summed E-state index contributed by atoms with van der Waals surface area (Å²) in [7, 11) is 0. The van der Waals surface area contributed by atoms with Gasteiger partial charge in [0.2, 0.25) is 0 Å². The average molecular weight is 393 g/mol. The fourth-order valence-corrected chi connectivity index (χ4v) is 2.93. The highest BCUT2D eigenvalue weighted by Gasteiger charge is 2.66. The van der Waals surface area contributed by atoms with Crippen LogP contribution in [0.5, 0.6) is 0 Å². The number of nitro benzene ring substituents is 1. The molecule has 142 valence electrons. The van der Waals surface area contributed by atoms with Crippen molar-refractivity contribution in [3.05, 3.63) is 39.9 Å². The normalized spacial score (nSPS) is 25.8. The molecule has 1 aliphatic heterocycles. The summed E-state index contributed by atoms with van der Waals surface area (Å²) in [5.74, 6) is -3.54. The van der Waals surface area contributed by atoms with E-state index < -0.39 is 45.6 Å². The molecule has 12 heteroatoms. The first kappa shape index (κ1) is 19.8. The lowest BCUT2D eigenvalue weighted by Crippen LogP contribution is -2.73. The van der Waals surface area contributed by atoms with Crippen molar-refractivity contribution in [1.82, 2.24) is 10.6 Å². The van der Waals surface area contributed by atoms with E-state index in [2.05, 4.69) is 10.1 Å². The number of rotatable bonds is 4. The van der Waals surface area contributed by atoms with Crippen LogP contribution in [0.3, 0.4) is 0 Å². The van der Waals surface area contributed by atoms with Crippen LogP contribution in [0.25, 0.3) is 0 Å². The van der Waals surface area contributed by atoms with Gasteiger partial charge in [-0.05, 0) is 24.7 Å². The molecule has 0 unspecified atom stereocenters. The van der Waals surface area contributed by atoms with Gasteiger partial charge in [-0.15, -0.1) is 0 Å². The Kier molecular flexibility index (Phi) is 5.37. The Hall–Kier alpha value is -2.47. The van der Waals surface area contributed by atoms with E-state index in [-0.39, 0.29) is 12.2 Å². The Balaban J connectivity index is 2.60. The first-order chi connectivity index (χ1) is 12.0. The lowest BCUT2D eigenvalue weighted by molar-refractivity contribution is -0.385. The summed E-state index contributed by atoms with van der Waals surface area (Å²) in [4.78, 5) is 22.4. The molecule has 1 aromatic carbocycles. The minimum atomic E-state index is -5.28. The molecule has 0 aromatic heterocycles. The fraction of sp³-hybridized carbons (Fsp3) is 0.429. The average Bonchev–Trinajstić information content (AvgIpc) is 2.53. The SMILES string of the molecule is CCOC(=O)[C@H]1[C@@H](c2cccc([N+](=O)[O-])c2)NC(=S)N[C@@]1(O)C(F)(F)F. The Morgan fingerprint density at radius 2 is 2.15 bits per heavy atom. The molecular formula is C14H14F3N3O5S. The van der Waals surface area contributed by atoms with Gasteiger partial charge in [0.15, 0.2) is 5.11 Å². The van der Waals surface area contributed by atoms with E-state index in [0.29, 0.717) is 0 Å². The van der Waals surface area contributed by atoms with Crippen molar-refractivity contribution in [3.8, 4) is 0 Å². The number of hydrogen-bond acceptors (Lipinski definition) is 6. The Morgan fingerprint density at radius 3 is 2.69 bits per heavy atom. The smallest absolute Gasteiger partial charge is 0.437 e. The number of hydrogen-bond donors (Lipinski definition) is 3. The lowest BCUT2D eigenvalue weighted by Gasteiger charge is -2.45. The second-order valence-electron chi connectivity index (χ2n) is 5.42. The molecule has 0 spiro atoms. The maximum Gasteiger partial charge on any atom is 0.437 e. The number of alkyl halides is 3. The summed E-state index contributed by atoms with van der Waals surface area (Å²) < 4.78 is 45.3. The molecule has 1 fully saturated rings. The molecule has 0 amide bonds. The predicted octanol–water partition coefficient (Wildman–Crippen LogP) is 1.54. The number of carbonyl (C=O) groups excluding carboxylic acids is 1. The van der Waals surface area contributed by atoms with E-state index in [4.69, 9.17) is 12.2 Å². The van der Waals surface area contributed by atoms with Gasteiger partial charge in [-0.1, -0.05) is 12.1 Å². The number of esters is 1. The fourth-order valence-electron chi connectivity index (χ4n) is 2.65. The van der Waals surface area contributed by atoms with Crippen LogP contribution in [0.2, 0.25) is 0 Å². The highest BCUT2D eigenvalue weighted by Crippen LogP contribution is 2.43. The molecular weight excluding hydrogens is 379 g/mol. The topological polar surface area (TPSA) is 114 Å². The first-order valence-corrected chi connectivity index (χ1v) is 7.71. The van der Waals surface area contributed by atoms with Crippen molar-refractivity contribution in [2.24, 2.45) is 5.92 Å². The second kappa shape index (κ2) is 7.03. The third-order valence-corrected chi connectivity index (χ3v) is 4.01. The molecule has 0 aliphatic carbocycles.